The first-order chi connectivity index (χ1) is 11.5. The lowest BCUT2D eigenvalue weighted by molar-refractivity contribution is 0.101. The van der Waals surface area contributed by atoms with E-state index in [0.717, 1.165) is 0 Å². The van der Waals surface area contributed by atoms with Gasteiger partial charge < -0.3 is 5.11 Å². The van der Waals surface area contributed by atoms with Crippen molar-refractivity contribution in [1.82, 2.24) is 9.97 Å². The van der Waals surface area contributed by atoms with Crippen LogP contribution in [0.1, 0.15) is 23.1 Å². The molecule has 0 fully saturated rings. The van der Waals surface area contributed by atoms with Gasteiger partial charge in [0.15, 0.2) is 17.3 Å². The minimum Gasteiger partial charge on any atom is -0.505 e. The van der Waals surface area contributed by atoms with E-state index >= 15 is 4.39 Å². The minimum atomic E-state index is -0.556. The number of carbonyl (C=O) groups is 1. The summed E-state index contributed by atoms with van der Waals surface area (Å²) in [7, 11) is 0. The Labute approximate surface area is 138 Å². The topological polar surface area (TPSA) is 63.1 Å². The fourth-order valence-corrected chi connectivity index (χ4v) is 2.56. The standard InChI is InChI=1S/C19H15FN2O2/c1-11-10-15(19(24)17(22-11)12(2)23)18-16(20)14(8-9-21-18)13-6-4-3-5-7-13/h3-10,24H,1-2H3. The summed E-state index contributed by atoms with van der Waals surface area (Å²) < 4.78 is 15.0. The number of carbonyl (C=O) groups excluding carboxylic acids is 1. The number of hydrogen-bond donors (Lipinski definition) is 1. The summed E-state index contributed by atoms with van der Waals surface area (Å²) in [6.07, 6.45) is 1.48. The van der Waals surface area contributed by atoms with Crippen molar-refractivity contribution in [3.05, 3.63) is 65.9 Å². The number of ketones is 1. The Balaban J connectivity index is 2.24. The van der Waals surface area contributed by atoms with Gasteiger partial charge in [-0.1, -0.05) is 30.3 Å². The van der Waals surface area contributed by atoms with Gasteiger partial charge in [-0.25, -0.2) is 9.37 Å². The highest BCUT2D eigenvalue weighted by Crippen LogP contribution is 2.35. The van der Waals surface area contributed by atoms with Gasteiger partial charge in [0.25, 0.3) is 0 Å². The molecule has 0 aliphatic carbocycles. The van der Waals surface area contributed by atoms with Crippen LogP contribution in [-0.4, -0.2) is 20.9 Å². The molecule has 5 heteroatoms. The number of aromatic hydroxyl groups is 1. The van der Waals surface area contributed by atoms with Crippen LogP contribution in [-0.2, 0) is 0 Å². The largest absolute Gasteiger partial charge is 0.505 e. The smallest absolute Gasteiger partial charge is 0.181 e. The lowest BCUT2D eigenvalue weighted by atomic mass is 10.0. The summed E-state index contributed by atoms with van der Waals surface area (Å²) in [5, 5.41) is 10.3. The van der Waals surface area contributed by atoms with Crippen LogP contribution >= 0.6 is 0 Å². The zero-order valence-corrected chi connectivity index (χ0v) is 13.2. The zero-order chi connectivity index (χ0) is 17.3. The normalized spacial score (nSPS) is 10.6. The Morgan fingerprint density at radius 2 is 1.83 bits per heavy atom. The molecule has 120 valence electrons. The lowest BCUT2D eigenvalue weighted by Gasteiger charge is -2.11. The predicted octanol–water partition coefficient (Wildman–Crippen LogP) is 4.17. The quantitative estimate of drug-likeness (QED) is 0.735. The highest BCUT2D eigenvalue weighted by molar-refractivity contribution is 5.97. The molecule has 3 rings (SSSR count). The molecule has 1 N–H and O–H groups in total. The van der Waals surface area contributed by atoms with Crippen molar-refractivity contribution >= 4 is 5.78 Å². The van der Waals surface area contributed by atoms with Crippen molar-refractivity contribution in [3.8, 4) is 28.1 Å². The average Bonchev–Trinajstić information content (AvgIpc) is 2.57. The molecular formula is C19H15FN2O2. The summed E-state index contributed by atoms with van der Waals surface area (Å²) >= 11 is 0. The van der Waals surface area contributed by atoms with Crippen LogP contribution in [0.5, 0.6) is 5.75 Å². The molecule has 0 unspecified atom stereocenters. The van der Waals surface area contributed by atoms with Crippen LogP contribution in [0.2, 0.25) is 0 Å². The van der Waals surface area contributed by atoms with Crippen LogP contribution in [0.3, 0.4) is 0 Å². The number of rotatable bonds is 3. The van der Waals surface area contributed by atoms with E-state index in [1.54, 1.807) is 25.1 Å². The number of benzene rings is 1. The van der Waals surface area contributed by atoms with Gasteiger partial charge >= 0.3 is 0 Å². The van der Waals surface area contributed by atoms with Gasteiger partial charge in [0, 0.05) is 29.9 Å². The number of halogens is 1. The molecule has 24 heavy (non-hydrogen) atoms. The van der Waals surface area contributed by atoms with E-state index < -0.39 is 11.6 Å². The van der Waals surface area contributed by atoms with E-state index in [2.05, 4.69) is 9.97 Å². The maximum Gasteiger partial charge on any atom is 0.181 e. The van der Waals surface area contributed by atoms with Crippen LogP contribution in [0.25, 0.3) is 22.4 Å². The van der Waals surface area contributed by atoms with E-state index in [1.807, 2.05) is 18.2 Å². The van der Waals surface area contributed by atoms with Gasteiger partial charge in [-0.05, 0) is 24.6 Å². The van der Waals surface area contributed by atoms with Gasteiger partial charge in [0.05, 0.1) is 0 Å². The number of Topliss-reactive ketones (excluding diaryl/α,β-unsaturated/α-hetero) is 1. The van der Waals surface area contributed by atoms with Crippen molar-refractivity contribution in [2.75, 3.05) is 0 Å². The van der Waals surface area contributed by atoms with Crippen LogP contribution in [0.15, 0.2) is 48.7 Å². The molecule has 0 amide bonds. The summed E-state index contributed by atoms with van der Waals surface area (Å²) in [6, 6.07) is 12.2. The van der Waals surface area contributed by atoms with Crippen LogP contribution in [0, 0.1) is 12.7 Å². The average molecular weight is 322 g/mol. The molecule has 0 radical (unpaired) electrons. The van der Waals surface area contributed by atoms with Crippen LogP contribution in [0.4, 0.5) is 4.39 Å². The first-order valence-corrected chi connectivity index (χ1v) is 7.41. The van der Waals surface area contributed by atoms with E-state index in [0.29, 0.717) is 16.8 Å². The molecule has 1 aromatic carbocycles. The molecule has 3 aromatic rings. The zero-order valence-electron chi connectivity index (χ0n) is 13.2. The first-order valence-electron chi connectivity index (χ1n) is 7.41. The summed E-state index contributed by atoms with van der Waals surface area (Å²) in [6.45, 7) is 2.98. The molecule has 0 spiro atoms. The fraction of sp³-hybridized carbons (Fsp3) is 0.105. The highest BCUT2D eigenvalue weighted by Gasteiger charge is 2.20. The molecule has 0 aliphatic heterocycles. The molecule has 0 saturated carbocycles. The maximum atomic E-state index is 15.0. The van der Waals surface area contributed by atoms with E-state index in [4.69, 9.17) is 0 Å². The van der Waals surface area contributed by atoms with Crippen molar-refractivity contribution in [2.45, 2.75) is 13.8 Å². The highest BCUT2D eigenvalue weighted by atomic mass is 19.1. The first kappa shape index (κ1) is 15.8. The van der Waals surface area contributed by atoms with Crippen molar-refractivity contribution in [1.29, 1.82) is 0 Å². The monoisotopic (exact) mass is 322 g/mol. The van der Waals surface area contributed by atoms with Gasteiger partial charge in [-0.15, -0.1) is 0 Å². The fourth-order valence-electron chi connectivity index (χ4n) is 2.56. The van der Waals surface area contributed by atoms with Crippen LogP contribution < -0.4 is 0 Å². The Hall–Kier alpha value is -3.08. The van der Waals surface area contributed by atoms with Crippen molar-refractivity contribution in [3.63, 3.8) is 0 Å². The minimum absolute atomic E-state index is 0.0122. The molecule has 2 aromatic heterocycles. The number of aryl methyl sites for hydroxylation is 1. The van der Waals surface area contributed by atoms with Gasteiger partial charge in [-0.3, -0.25) is 9.78 Å². The third-order valence-corrected chi connectivity index (χ3v) is 3.68. The lowest BCUT2D eigenvalue weighted by Crippen LogP contribution is -2.02. The van der Waals surface area contributed by atoms with Gasteiger partial charge in [0.2, 0.25) is 0 Å². The maximum absolute atomic E-state index is 15.0. The number of nitrogens with zero attached hydrogens (tertiary/aromatic N) is 2. The van der Waals surface area contributed by atoms with E-state index in [-0.39, 0.29) is 22.7 Å². The van der Waals surface area contributed by atoms with E-state index in [9.17, 15) is 9.90 Å². The second-order valence-corrected chi connectivity index (χ2v) is 5.45. The Morgan fingerprint density at radius 3 is 2.50 bits per heavy atom. The Bertz CT molecular complexity index is 924. The Kier molecular flexibility index (Phi) is 4.08. The molecule has 2 heterocycles. The number of pyridine rings is 2. The van der Waals surface area contributed by atoms with Crippen molar-refractivity contribution in [2.24, 2.45) is 0 Å². The molecule has 0 bridgehead atoms. The summed E-state index contributed by atoms with van der Waals surface area (Å²) in [5.41, 5.74) is 1.63. The SMILES string of the molecule is CC(=O)c1nc(C)cc(-c2nccc(-c3ccccc3)c2F)c1O. The molecule has 0 saturated heterocycles. The predicted molar refractivity (Wildman–Crippen MR) is 89.3 cm³/mol. The number of aromatic nitrogens is 2. The molecule has 0 aliphatic rings. The molecular weight excluding hydrogens is 307 g/mol. The molecule has 4 nitrogen and oxygen atoms in total. The van der Waals surface area contributed by atoms with Gasteiger partial charge in [-0.2, -0.15) is 0 Å². The molecule has 0 atom stereocenters. The van der Waals surface area contributed by atoms with Crippen molar-refractivity contribution < 1.29 is 14.3 Å². The van der Waals surface area contributed by atoms with Gasteiger partial charge in [0.1, 0.15) is 11.4 Å². The summed E-state index contributed by atoms with van der Waals surface area (Å²) in [4.78, 5) is 19.7. The second-order valence-electron chi connectivity index (χ2n) is 5.45. The second kappa shape index (κ2) is 6.20. The summed E-state index contributed by atoms with van der Waals surface area (Å²) in [5.74, 6) is -1.30. The third kappa shape index (κ3) is 2.76. The Morgan fingerprint density at radius 1 is 1.12 bits per heavy atom. The number of hydrogen-bond acceptors (Lipinski definition) is 4. The van der Waals surface area contributed by atoms with E-state index in [1.165, 1.54) is 19.2 Å². The third-order valence-electron chi connectivity index (χ3n) is 3.68.